The first-order valence-electron chi connectivity index (χ1n) is 5.61. The molecule has 0 saturated heterocycles. The van der Waals surface area contributed by atoms with Gasteiger partial charge in [0.25, 0.3) is 0 Å². The topological polar surface area (TPSA) is 63.6 Å². The number of carboxylic acids is 1. The number of hydrogen-bond donors (Lipinski definition) is 1. The molecule has 0 fully saturated rings. The SMILES string of the molecule is CC(C)Oc1ccc(C(=O)CCC(=O)O)c(Cl)c1. The Bertz CT molecular complexity index is 454. The maximum atomic E-state index is 11.7. The normalized spacial score (nSPS) is 10.4. The summed E-state index contributed by atoms with van der Waals surface area (Å²) in [6, 6.07) is 4.78. The van der Waals surface area contributed by atoms with Crippen molar-refractivity contribution in [3.05, 3.63) is 28.8 Å². The summed E-state index contributed by atoms with van der Waals surface area (Å²) in [4.78, 5) is 22.1. The molecule has 98 valence electrons. The fraction of sp³-hybridized carbons (Fsp3) is 0.385. The maximum Gasteiger partial charge on any atom is 0.303 e. The second kappa shape index (κ2) is 6.40. The van der Waals surface area contributed by atoms with Crippen LogP contribution in [0.1, 0.15) is 37.0 Å². The van der Waals surface area contributed by atoms with E-state index in [1.165, 1.54) is 0 Å². The zero-order valence-electron chi connectivity index (χ0n) is 10.3. The van der Waals surface area contributed by atoms with Gasteiger partial charge >= 0.3 is 5.97 Å². The molecule has 18 heavy (non-hydrogen) atoms. The average molecular weight is 271 g/mol. The van der Waals surface area contributed by atoms with Crippen LogP contribution < -0.4 is 4.74 Å². The number of Topliss-reactive ketones (excluding diaryl/α,β-unsaturated/α-hetero) is 1. The number of benzene rings is 1. The van der Waals surface area contributed by atoms with E-state index >= 15 is 0 Å². The van der Waals surface area contributed by atoms with Gasteiger partial charge in [0.2, 0.25) is 0 Å². The molecule has 1 rings (SSSR count). The number of carboxylic acid groups (broad SMARTS) is 1. The van der Waals surface area contributed by atoms with Gasteiger partial charge in [0.1, 0.15) is 5.75 Å². The van der Waals surface area contributed by atoms with Gasteiger partial charge in [-0.05, 0) is 32.0 Å². The largest absolute Gasteiger partial charge is 0.491 e. The lowest BCUT2D eigenvalue weighted by Gasteiger charge is -2.11. The number of rotatable bonds is 6. The molecule has 0 unspecified atom stereocenters. The van der Waals surface area contributed by atoms with Crippen LogP contribution >= 0.6 is 11.6 Å². The van der Waals surface area contributed by atoms with Gasteiger partial charge in [-0.3, -0.25) is 9.59 Å². The van der Waals surface area contributed by atoms with Crippen LogP contribution in [0.25, 0.3) is 0 Å². The molecule has 0 radical (unpaired) electrons. The summed E-state index contributed by atoms with van der Waals surface area (Å²) in [6.07, 6.45) is -0.228. The first-order chi connectivity index (χ1) is 8.40. The molecule has 0 saturated carbocycles. The smallest absolute Gasteiger partial charge is 0.303 e. The first-order valence-corrected chi connectivity index (χ1v) is 5.99. The fourth-order valence-electron chi connectivity index (χ4n) is 1.42. The minimum atomic E-state index is -1.00. The summed E-state index contributed by atoms with van der Waals surface area (Å²) in [6.45, 7) is 3.78. The van der Waals surface area contributed by atoms with Crippen LogP contribution in [0.4, 0.5) is 0 Å². The van der Waals surface area contributed by atoms with E-state index in [0.29, 0.717) is 11.3 Å². The van der Waals surface area contributed by atoms with Crippen LogP contribution in [-0.4, -0.2) is 23.0 Å². The van der Waals surface area contributed by atoms with Crippen LogP contribution in [0.2, 0.25) is 5.02 Å². The van der Waals surface area contributed by atoms with Gasteiger partial charge < -0.3 is 9.84 Å². The van der Waals surface area contributed by atoms with Crippen molar-refractivity contribution >= 4 is 23.4 Å². The number of ether oxygens (including phenoxy) is 1. The monoisotopic (exact) mass is 270 g/mol. The van der Waals surface area contributed by atoms with Gasteiger partial charge in [0, 0.05) is 12.0 Å². The first kappa shape index (κ1) is 14.5. The molecule has 0 aliphatic carbocycles. The number of carbonyl (C=O) groups excluding carboxylic acids is 1. The Balaban J connectivity index is 2.78. The highest BCUT2D eigenvalue weighted by Crippen LogP contribution is 2.24. The van der Waals surface area contributed by atoms with E-state index in [4.69, 9.17) is 21.4 Å². The van der Waals surface area contributed by atoms with Crippen LogP contribution in [0.15, 0.2) is 18.2 Å². The zero-order valence-corrected chi connectivity index (χ0v) is 11.0. The fourth-order valence-corrected chi connectivity index (χ4v) is 1.70. The molecule has 1 N–H and O–H groups in total. The number of hydrogen-bond acceptors (Lipinski definition) is 3. The quantitative estimate of drug-likeness (QED) is 0.807. The predicted molar refractivity (Wildman–Crippen MR) is 68.4 cm³/mol. The molecule has 0 bridgehead atoms. The van der Waals surface area contributed by atoms with E-state index < -0.39 is 5.97 Å². The molecule has 1 aromatic rings. The Hall–Kier alpha value is -1.55. The Kier molecular flexibility index (Phi) is 5.16. The Morgan fingerprint density at radius 3 is 2.50 bits per heavy atom. The van der Waals surface area contributed by atoms with Crippen molar-refractivity contribution in [3.63, 3.8) is 0 Å². The van der Waals surface area contributed by atoms with Gasteiger partial charge in [-0.15, -0.1) is 0 Å². The lowest BCUT2D eigenvalue weighted by Crippen LogP contribution is -2.07. The number of ketones is 1. The summed E-state index contributed by atoms with van der Waals surface area (Å²) >= 11 is 5.97. The minimum absolute atomic E-state index is 0.0228. The van der Waals surface area contributed by atoms with Crippen molar-refractivity contribution < 1.29 is 19.4 Å². The molecule has 0 aliphatic rings. The van der Waals surface area contributed by atoms with Crippen molar-refractivity contribution in [3.8, 4) is 5.75 Å². The molecule has 0 aromatic heterocycles. The van der Waals surface area contributed by atoms with Crippen LogP contribution in [0.5, 0.6) is 5.75 Å². The summed E-state index contributed by atoms with van der Waals surface area (Å²) in [5.41, 5.74) is 0.328. The molecule has 0 atom stereocenters. The lowest BCUT2D eigenvalue weighted by molar-refractivity contribution is -0.136. The molecule has 0 amide bonds. The van der Waals surface area contributed by atoms with E-state index in [2.05, 4.69) is 0 Å². The molecular formula is C13H15ClO4. The zero-order chi connectivity index (χ0) is 13.7. The van der Waals surface area contributed by atoms with Crippen LogP contribution in [-0.2, 0) is 4.79 Å². The third kappa shape index (κ3) is 4.37. The van der Waals surface area contributed by atoms with Crippen molar-refractivity contribution in [2.45, 2.75) is 32.8 Å². The van der Waals surface area contributed by atoms with Gasteiger partial charge in [-0.2, -0.15) is 0 Å². The Morgan fingerprint density at radius 2 is 2.00 bits per heavy atom. The molecular weight excluding hydrogens is 256 g/mol. The molecule has 0 aliphatic heterocycles. The van der Waals surface area contributed by atoms with Gasteiger partial charge in [0.05, 0.1) is 17.5 Å². The van der Waals surface area contributed by atoms with Crippen LogP contribution in [0, 0.1) is 0 Å². The van der Waals surface area contributed by atoms with Gasteiger partial charge in [-0.25, -0.2) is 0 Å². The molecule has 4 nitrogen and oxygen atoms in total. The Morgan fingerprint density at radius 1 is 1.33 bits per heavy atom. The van der Waals surface area contributed by atoms with E-state index in [1.54, 1.807) is 18.2 Å². The molecule has 1 aromatic carbocycles. The highest BCUT2D eigenvalue weighted by Gasteiger charge is 2.13. The highest BCUT2D eigenvalue weighted by atomic mass is 35.5. The molecule has 0 heterocycles. The third-order valence-electron chi connectivity index (χ3n) is 2.18. The van der Waals surface area contributed by atoms with Crippen LogP contribution in [0.3, 0.4) is 0 Å². The highest BCUT2D eigenvalue weighted by molar-refractivity contribution is 6.34. The average Bonchev–Trinajstić information content (AvgIpc) is 2.25. The summed E-state index contributed by atoms with van der Waals surface area (Å²) in [5.74, 6) is -0.692. The van der Waals surface area contributed by atoms with Gasteiger partial charge in [0.15, 0.2) is 5.78 Å². The lowest BCUT2D eigenvalue weighted by atomic mass is 10.1. The second-order valence-electron chi connectivity index (χ2n) is 4.13. The van der Waals surface area contributed by atoms with Crippen molar-refractivity contribution in [1.82, 2.24) is 0 Å². The third-order valence-corrected chi connectivity index (χ3v) is 2.49. The van der Waals surface area contributed by atoms with E-state index in [-0.39, 0.29) is 29.8 Å². The predicted octanol–water partition coefficient (Wildman–Crippen LogP) is 3.17. The van der Waals surface area contributed by atoms with Crippen molar-refractivity contribution in [2.75, 3.05) is 0 Å². The molecule has 0 spiro atoms. The number of carbonyl (C=O) groups is 2. The minimum Gasteiger partial charge on any atom is -0.491 e. The summed E-state index contributed by atoms with van der Waals surface area (Å²) in [5, 5.41) is 8.80. The maximum absolute atomic E-state index is 11.7. The van der Waals surface area contributed by atoms with E-state index in [0.717, 1.165) is 0 Å². The van der Waals surface area contributed by atoms with Gasteiger partial charge in [-0.1, -0.05) is 11.6 Å². The summed E-state index contributed by atoms with van der Waals surface area (Å²) in [7, 11) is 0. The van der Waals surface area contributed by atoms with Crippen molar-refractivity contribution in [1.29, 1.82) is 0 Å². The number of halogens is 1. The van der Waals surface area contributed by atoms with E-state index in [1.807, 2.05) is 13.8 Å². The van der Waals surface area contributed by atoms with Crippen molar-refractivity contribution in [2.24, 2.45) is 0 Å². The van der Waals surface area contributed by atoms with E-state index in [9.17, 15) is 9.59 Å². The summed E-state index contributed by atoms with van der Waals surface area (Å²) < 4.78 is 5.44. The second-order valence-corrected chi connectivity index (χ2v) is 4.53. The number of aliphatic carboxylic acids is 1. The molecule has 5 heteroatoms. The Labute approximate surface area is 111 Å². The standard InChI is InChI=1S/C13H15ClO4/c1-8(2)18-9-3-4-10(11(14)7-9)12(15)5-6-13(16)17/h3-4,7-8H,5-6H2,1-2H3,(H,16,17).